The third kappa shape index (κ3) is 5.71. The maximum absolute atomic E-state index is 12.4. The number of pyridine rings is 1. The minimum atomic E-state index is -0.323. The summed E-state index contributed by atoms with van der Waals surface area (Å²) < 4.78 is 0. The van der Waals surface area contributed by atoms with E-state index in [9.17, 15) is 9.59 Å². The number of hydrogen-bond acceptors (Lipinski definition) is 3. The zero-order valence-electron chi connectivity index (χ0n) is 13.2. The van der Waals surface area contributed by atoms with Gasteiger partial charge >= 0.3 is 0 Å². The highest BCUT2D eigenvalue weighted by atomic mass is 35.5. The maximum Gasteiger partial charge on any atom is 0.254 e. The Hall–Kier alpha value is -1.62. The van der Waals surface area contributed by atoms with E-state index in [-0.39, 0.29) is 29.1 Å². The molecule has 5 nitrogen and oxygen atoms in total. The van der Waals surface area contributed by atoms with Crippen LogP contribution < -0.4 is 5.32 Å². The first-order valence-electron chi connectivity index (χ1n) is 6.87. The molecule has 1 heterocycles. The van der Waals surface area contributed by atoms with Crippen LogP contribution in [0.3, 0.4) is 0 Å². The van der Waals surface area contributed by atoms with Gasteiger partial charge in [-0.2, -0.15) is 0 Å². The van der Waals surface area contributed by atoms with Crippen molar-refractivity contribution in [2.45, 2.75) is 40.2 Å². The molecule has 1 aromatic rings. The molecule has 6 heteroatoms. The molecule has 1 rings (SSSR count). The van der Waals surface area contributed by atoms with Crippen molar-refractivity contribution in [2.24, 2.45) is 0 Å². The molecule has 0 fully saturated rings. The standard InChI is InChI=1S/C15H22ClN3O2/c1-6-19(9-13(20)18-15(3,4)5)14(21)11-7-10(2)17-12(16)8-11/h7-8H,6,9H2,1-5H3,(H,18,20). The molecule has 21 heavy (non-hydrogen) atoms. The lowest BCUT2D eigenvalue weighted by atomic mass is 10.1. The summed E-state index contributed by atoms with van der Waals surface area (Å²) in [4.78, 5) is 29.9. The second kappa shape index (κ2) is 6.89. The average molecular weight is 312 g/mol. The van der Waals surface area contributed by atoms with Gasteiger partial charge in [0.2, 0.25) is 5.91 Å². The monoisotopic (exact) mass is 311 g/mol. The van der Waals surface area contributed by atoms with Crippen LogP contribution >= 0.6 is 11.6 Å². The SMILES string of the molecule is CCN(CC(=O)NC(C)(C)C)C(=O)c1cc(C)nc(Cl)c1. The van der Waals surface area contributed by atoms with E-state index in [1.54, 1.807) is 13.0 Å². The molecular weight excluding hydrogens is 290 g/mol. The van der Waals surface area contributed by atoms with Crippen molar-refractivity contribution >= 4 is 23.4 Å². The fraction of sp³-hybridized carbons (Fsp3) is 0.533. The van der Waals surface area contributed by atoms with Gasteiger partial charge < -0.3 is 10.2 Å². The Labute approximate surface area is 130 Å². The maximum atomic E-state index is 12.4. The quantitative estimate of drug-likeness (QED) is 0.869. The lowest BCUT2D eigenvalue weighted by molar-refractivity contribution is -0.123. The van der Waals surface area contributed by atoms with Crippen molar-refractivity contribution in [2.75, 3.05) is 13.1 Å². The lowest BCUT2D eigenvalue weighted by Gasteiger charge is -2.25. The normalized spacial score (nSPS) is 11.1. The molecule has 0 unspecified atom stereocenters. The van der Waals surface area contributed by atoms with Gasteiger partial charge in [0, 0.05) is 23.3 Å². The molecular formula is C15H22ClN3O2. The second-order valence-corrected chi connectivity index (χ2v) is 6.32. The van der Waals surface area contributed by atoms with E-state index < -0.39 is 0 Å². The number of rotatable bonds is 4. The van der Waals surface area contributed by atoms with E-state index in [1.807, 2.05) is 27.7 Å². The molecule has 0 aliphatic rings. The Morgan fingerprint density at radius 2 is 1.95 bits per heavy atom. The summed E-state index contributed by atoms with van der Waals surface area (Å²) in [6.45, 7) is 9.75. The van der Waals surface area contributed by atoms with Crippen molar-refractivity contribution in [1.29, 1.82) is 0 Å². The second-order valence-electron chi connectivity index (χ2n) is 5.94. The van der Waals surface area contributed by atoms with E-state index in [1.165, 1.54) is 11.0 Å². The van der Waals surface area contributed by atoms with Crippen molar-refractivity contribution in [3.05, 3.63) is 28.5 Å². The number of halogens is 1. The highest BCUT2D eigenvalue weighted by Gasteiger charge is 2.20. The fourth-order valence-electron chi connectivity index (χ4n) is 1.89. The van der Waals surface area contributed by atoms with Crippen LogP contribution in [0.1, 0.15) is 43.7 Å². The third-order valence-corrected chi connectivity index (χ3v) is 2.88. The van der Waals surface area contributed by atoms with E-state index in [0.29, 0.717) is 17.8 Å². The van der Waals surface area contributed by atoms with Crippen LogP contribution in [0.25, 0.3) is 0 Å². The average Bonchev–Trinajstić information content (AvgIpc) is 2.31. The number of aryl methyl sites for hydroxylation is 1. The molecule has 0 aliphatic carbocycles. The number of hydrogen-bond donors (Lipinski definition) is 1. The van der Waals surface area contributed by atoms with Crippen LogP contribution in [0.2, 0.25) is 5.15 Å². The Kier molecular flexibility index (Phi) is 5.72. The highest BCUT2D eigenvalue weighted by molar-refractivity contribution is 6.29. The number of aromatic nitrogens is 1. The van der Waals surface area contributed by atoms with Crippen molar-refractivity contribution < 1.29 is 9.59 Å². The van der Waals surface area contributed by atoms with Crippen LogP contribution in [0.5, 0.6) is 0 Å². The first-order chi connectivity index (χ1) is 9.62. The number of carbonyl (C=O) groups is 2. The van der Waals surface area contributed by atoms with Crippen molar-refractivity contribution in [3.63, 3.8) is 0 Å². The van der Waals surface area contributed by atoms with Crippen molar-refractivity contribution in [3.8, 4) is 0 Å². The predicted octanol–water partition coefficient (Wildman–Crippen LogP) is 2.42. The number of carbonyl (C=O) groups excluding carboxylic acids is 2. The number of amides is 2. The predicted molar refractivity (Wildman–Crippen MR) is 83.5 cm³/mol. The molecule has 0 aromatic carbocycles. The Morgan fingerprint density at radius 1 is 1.33 bits per heavy atom. The highest BCUT2D eigenvalue weighted by Crippen LogP contribution is 2.13. The van der Waals surface area contributed by atoms with Gasteiger partial charge in [0.15, 0.2) is 0 Å². The number of nitrogens with zero attached hydrogens (tertiary/aromatic N) is 2. The first kappa shape index (κ1) is 17.4. The number of likely N-dealkylation sites (N-methyl/N-ethyl adjacent to an activating group) is 1. The molecule has 0 atom stereocenters. The van der Waals surface area contributed by atoms with E-state index in [4.69, 9.17) is 11.6 Å². The van der Waals surface area contributed by atoms with E-state index >= 15 is 0 Å². The van der Waals surface area contributed by atoms with Gasteiger partial charge in [0.05, 0.1) is 6.54 Å². The lowest BCUT2D eigenvalue weighted by Crippen LogP contribution is -2.47. The molecule has 0 saturated carbocycles. The summed E-state index contributed by atoms with van der Waals surface area (Å²) >= 11 is 5.87. The van der Waals surface area contributed by atoms with Crippen LogP contribution in [-0.2, 0) is 4.79 Å². The fourth-order valence-corrected chi connectivity index (χ4v) is 2.14. The van der Waals surface area contributed by atoms with Gasteiger partial charge in [-0.25, -0.2) is 4.98 Å². The van der Waals surface area contributed by atoms with Crippen LogP contribution in [0.4, 0.5) is 0 Å². The summed E-state index contributed by atoms with van der Waals surface area (Å²) in [6.07, 6.45) is 0. The molecule has 0 bridgehead atoms. The van der Waals surface area contributed by atoms with Crippen molar-refractivity contribution in [1.82, 2.24) is 15.2 Å². The molecule has 116 valence electrons. The Bertz CT molecular complexity index is 518. The summed E-state index contributed by atoms with van der Waals surface area (Å²) in [7, 11) is 0. The van der Waals surface area contributed by atoms with Gasteiger partial charge in [-0.05, 0) is 46.8 Å². The van der Waals surface area contributed by atoms with Crippen LogP contribution in [-0.4, -0.2) is 40.3 Å². The van der Waals surface area contributed by atoms with Gasteiger partial charge in [-0.15, -0.1) is 0 Å². The Morgan fingerprint density at radius 3 is 2.43 bits per heavy atom. The van der Waals surface area contributed by atoms with E-state index in [2.05, 4.69) is 10.3 Å². The minimum absolute atomic E-state index is 0.0194. The minimum Gasteiger partial charge on any atom is -0.350 e. The van der Waals surface area contributed by atoms with Crippen LogP contribution in [0.15, 0.2) is 12.1 Å². The molecule has 2 amide bonds. The van der Waals surface area contributed by atoms with E-state index in [0.717, 1.165) is 0 Å². The zero-order valence-corrected chi connectivity index (χ0v) is 13.9. The third-order valence-electron chi connectivity index (χ3n) is 2.69. The molecule has 0 saturated heterocycles. The Balaban J connectivity index is 2.84. The first-order valence-corrected chi connectivity index (χ1v) is 7.24. The molecule has 0 spiro atoms. The number of nitrogens with one attached hydrogen (secondary N) is 1. The summed E-state index contributed by atoms with van der Waals surface area (Å²) in [5.41, 5.74) is 0.787. The largest absolute Gasteiger partial charge is 0.350 e. The summed E-state index contributed by atoms with van der Waals surface area (Å²) in [5, 5.41) is 3.11. The smallest absolute Gasteiger partial charge is 0.254 e. The molecule has 0 radical (unpaired) electrons. The zero-order chi connectivity index (χ0) is 16.2. The molecule has 1 aromatic heterocycles. The van der Waals surface area contributed by atoms with Gasteiger partial charge in [-0.1, -0.05) is 11.6 Å². The summed E-state index contributed by atoms with van der Waals surface area (Å²) in [5.74, 6) is -0.413. The van der Waals surface area contributed by atoms with Gasteiger partial charge in [0.1, 0.15) is 5.15 Å². The summed E-state index contributed by atoms with van der Waals surface area (Å²) in [6, 6.07) is 3.18. The van der Waals surface area contributed by atoms with Gasteiger partial charge in [0.25, 0.3) is 5.91 Å². The van der Waals surface area contributed by atoms with Gasteiger partial charge in [-0.3, -0.25) is 9.59 Å². The topological polar surface area (TPSA) is 62.3 Å². The molecule has 1 N–H and O–H groups in total. The van der Waals surface area contributed by atoms with Crippen LogP contribution in [0, 0.1) is 6.92 Å². The molecule has 0 aliphatic heterocycles.